The Kier molecular flexibility index (Phi) is 5.92. The van der Waals surface area contributed by atoms with Gasteiger partial charge in [0.1, 0.15) is 11.9 Å². The first-order valence-electron chi connectivity index (χ1n) is 7.77. The fourth-order valence-electron chi connectivity index (χ4n) is 2.31. The van der Waals surface area contributed by atoms with Gasteiger partial charge in [0.25, 0.3) is 0 Å². The average Bonchev–Trinajstić information content (AvgIpc) is 2.66. The molecule has 1 saturated heterocycles. The van der Waals surface area contributed by atoms with Crippen molar-refractivity contribution in [3.05, 3.63) is 12.5 Å². The number of rotatable bonds is 7. The molecule has 1 atom stereocenters. The van der Waals surface area contributed by atoms with Gasteiger partial charge in [-0.05, 0) is 18.9 Å². The van der Waals surface area contributed by atoms with Gasteiger partial charge >= 0.3 is 0 Å². The van der Waals surface area contributed by atoms with E-state index >= 15 is 0 Å². The molecular weight excluding hydrogens is 282 g/mol. The van der Waals surface area contributed by atoms with Gasteiger partial charge < -0.3 is 4.74 Å². The molecule has 5 heteroatoms. The molecule has 0 aromatic heterocycles. The van der Waals surface area contributed by atoms with E-state index in [0.717, 1.165) is 4.90 Å². The van der Waals surface area contributed by atoms with Crippen LogP contribution in [0.5, 0.6) is 0 Å². The quantitative estimate of drug-likeness (QED) is 0.535. The molecular formula is C17H27NO4. The van der Waals surface area contributed by atoms with E-state index in [1.807, 2.05) is 34.6 Å². The Morgan fingerprint density at radius 3 is 2.14 bits per heavy atom. The smallest absolute Gasteiger partial charge is 0.236 e. The van der Waals surface area contributed by atoms with Gasteiger partial charge in [0.05, 0.1) is 0 Å². The summed E-state index contributed by atoms with van der Waals surface area (Å²) >= 11 is 0. The van der Waals surface area contributed by atoms with Gasteiger partial charge in [-0.3, -0.25) is 14.4 Å². The van der Waals surface area contributed by atoms with Crippen LogP contribution in [0.2, 0.25) is 0 Å². The fourth-order valence-corrected chi connectivity index (χ4v) is 2.31. The van der Waals surface area contributed by atoms with Crippen molar-refractivity contribution >= 4 is 17.6 Å². The number of amides is 2. The van der Waals surface area contributed by atoms with E-state index in [1.165, 1.54) is 0 Å². The van der Waals surface area contributed by atoms with Crippen molar-refractivity contribution in [2.24, 2.45) is 11.3 Å². The van der Waals surface area contributed by atoms with Crippen molar-refractivity contribution in [1.82, 2.24) is 4.90 Å². The van der Waals surface area contributed by atoms with E-state index in [-0.39, 0.29) is 48.8 Å². The summed E-state index contributed by atoms with van der Waals surface area (Å²) in [6.45, 7) is 13.4. The number of carbonyl (C=O) groups is 3. The van der Waals surface area contributed by atoms with E-state index < -0.39 is 5.41 Å². The van der Waals surface area contributed by atoms with E-state index in [2.05, 4.69) is 6.58 Å². The average molecular weight is 309 g/mol. The lowest BCUT2D eigenvalue weighted by Gasteiger charge is -2.27. The molecule has 0 spiro atoms. The maximum absolute atomic E-state index is 12.2. The maximum Gasteiger partial charge on any atom is 0.236 e. The first-order valence-corrected chi connectivity index (χ1v) is 7.77. The molecule has 124 valence electrons. The number of nitrogens with zero attached hydrogens (tertiary/aromatic N) is 1. The summed E-state index contributed by atoms with van der Waals surface area (Å²) in [5.74, 6) is -0.124. The second-order valence-corrected chi connectivity index (χ2v) is 7.26. The van der Waals surface area contributed by atoms with Crippen LogP contribution < -0.4 is 0 Å². The van der Waals surface area contributed by atoms with Crippen molar-refractivity contribution in [3.63, 3.8) is 0 Å². The molecule has 1 aliphatic heterocycles. The predicted molar refractivity (Wildman–Crippen MR) is 83.6 cm³/mol. The molecule has 0 aromatic rings. The van der Waals surface area contributed by atoms with Crippen molar-refractivity contribution in [2.75, 3.05) is 0 Å². The fraction of sp³-hybridized carbons (Fsp3) is 0.706. The number of ether oxygens (including phenoxy) is 1. The molecule has 0 aliphatic carbocycles. The molecule has 0 unspecified atom stereocenters. The zero-order valence-corrected chi connectivity index (χ0v) is 14.3. The molecule has 1 aliphatic rings. The molecule has 0 saturated carbocycles. The Labute approximate surface area is 132 Å². The summed E-state index contributed by atoms with van der Waals surface area (Å²) in [5, 5.41) is 0. The largest absolute Gasteiger partial charge is 0.475 e. The number of carbonyl (C=O) groups excluding carboxylic acids is 3. The highest BCUT2D eigenvalue weighted by atomic mass is 16.5. The normalized spacial score (nSPS) is 17.1. The van der Waals surface area contributed by atoms with Crippen molar-refractivity contribution in [3.8, 4) is 0 Å². The van der Waals surface area contributed by atoms with Gasteiger partial charge in [-0.25, -0.2) is 4.90 Å². The molecule has 0 bridgehead atoms. The molecule has 1 rings (SSSR count). The van der Waals surface area contributed by atoms with Crippen LogP contribution in [-0.2, 0) is 19.1 Å². The van der Waals surface area contributed by atoms with Crippen molar-refractivity contribution in [2.45, 2.75) is 66.4 Å². The summed E-state index contributed by atoms with van der Waals surface area (Å²) in [4.78, 5) is 36.6. The van der Waals surface area contributed by atoms with Crippen LogP contribution in [0.15, 0.2) is 12.5 Å². The van der Waals surface area contributed by atoms with Gasteiger partial charge in [0.2, 0.25) is 11.8 Å². The van der Waals surface area contributed by atoms with Gasteiger partial charge in [-0.1, -0.05) is 34.6 Å². The number of ketones is 1. The van der Waals surface area contributed by atoms with E-state index in [1.54, 1.807) is 0 Å². The molecule has 0 radical (unpaired) electrons. The minimum absolute atomic E-state index is 0.0415. The first kappa shape index (κ1) is 18.4. The van der Waals surface area contributed by atoms with E-state index in [4.69, 9.17) is 4.74 Å². The minimum atomic E-state index is -0.445. The minimum Gasteiger partial charge on any atom is -0.475 e. The van der Waals surface area contributed by atoms with Gasteiger partial charge in [0, 0.05) is 24.7 Å². The number of hydrogen-bond donors (Lipinski definition) is 0. The van der Waals surface area contributed by atoms with Crippen LogP contribution in [0.3, 0.4) is 0 Å². The third-order valence-electron chi connectivity index (χ3n) is 3.59. The summed E-state index contributed by atoms with van der Waals surface area (Å²) in [5.41, 5.74) is -0.445. The van der Waals surface area contributed by atoms with Crippen LogP contribution in [0.25, 0.3) is 0 Å². The van der Waals surface area contributed by atoms with Crippen LogP contribution in [0.4, 0.5) is 0 Å². The second kappa shape index (κ2) is 7.07. The lowest BCUT2D eigenvalue weighted by atomic mass is 9.86. The van der Waals surface area contributed by atoms with Crippen LogP contribution in [0.1, 0.15) is 60.3 Å². The second-order valence-electron chi connectivity index (χ2n) is 7.26. The van der Waals surface area contributed by atoms with Crippen LogP contribution in [-0.4, -0.2) is 28.6 Å². The van der Waals surface area contributed by atoms with Gasteiger partial charge in [0.15, 0.2) is 5.88 Å². The van der Waals surface area contributed by atoms with Crippen molar-refractivity contribution in [1.29, 1.82) is 0 Å². The van der Waals surface area contributed by atoms with Gasteiger partial charge in [-0.15, -0.1) is 0 Å². The highest BCUT2D eigenvalue weighted by Crippen LogP contribution is 2.25. The zero-order chi connectivity index (χ0) is 17.1. The standard InChI is InChI=1S/C17H27NO4/c1-11(2)9-13(10-14(19)17(4,5)6)22-12(3)18-15(20)7-8-16(18)21/h11,13H,3,7-10H2,1-2,4-6H3/t13-/m0/s1. The van der Waals surface area contributed by atoms with Crippen LogP contribution >= 0.6 is 0 Å². The monoisotopic (exact) mass is 309 g/mol. The Morgan fingerprint density at radius 2 is 1.73 bits per heavy atom. The zero-order valence-electron chi connectivity index (χ0n) is 14.3. The highest BCUT2D eigenvalue weighted by molar-refractivity contribution is 6.03. The Bertz CT molecular complexity index is 458. The maximum atomic E-state index is 12.2. The van der Waals surface area contributed by atoms with Crippen molar-refractivity contribution < 1.29 is 19.1 Å². The predicted octanol–water partition coefficient (Wildman–Crippen LogP) is 3.04. The first-order chi connectivity index (χ1) is 10.0. The van der Waals surface area contributed by atoms with E-state index in [0.29, 0.717) is 12.3 Å². The highest BCUT2D eigenvalue weighted by Gasteiger charge is 2.34. The summed E-state index contributed by atoms with van der Waals surface area (Å²) in [6.07, 6.45) is 0.919. The molecule has 0 aromatic carbocycles. The molecule has 5 nitrogen and oxygen atoms in total. The lowest BCUT2D eigenvalue weighted by molar-refractivity contribution is -0.140. The molecule has 1 heterocycles. The molecule has 1 fully saturated rings. The summed E-state index contributed by atoms with van der Waals surface area (Å²) < 4.78 is 5.72. The van der Waals surface area contributed by atoms with Gasteiger partial charge in [-0.2, -0.15) is 0 Å². The molecule has 2 amide bonds. The summed E-state index contributed by atoms with van der Waals surface area (Å²) in [7, 11) is 0. The Balaban J connectivity index is 2.76. The number of hydrogen-bond acceptors (Lipinski definition) is 4. The number of Topliss-reactive ketones (excluding diaryl/α,β-unsaturated/α-hetero) is 1. The third-order valence-corrected chi connectivity index (χ3v) is 3.59. The van der Waals surface area contributed by atoms with Crippen LogP contribution in [0, 0.1) is 11.3 Å². The molecule has 22 heavy (non-hydrogen) atoms. The molecule has 0 N–H and O–H groups in total. The Morgan fingerprint density at radius 1 is 1.23 bits per heavy atom. The summed E-state index contributed by atoms with van der Waals surface area (Å²) in [6, 6.07) is 0. The lowest BCUT2D eigenvalue weighted by Crippen LogP contribution is -2.33. The Hall–Kier alpha value is -1.65. The SMILES string of the molecule is C=C(O[C@H](CC(=O)C(C)(C)C)CC(C)C)N1C(=O)CCC1=O. The number of imide groups is 1. The van der Waals surface area contributed by atoms with E-state index in [9.17, 15) is 14.4 Å². The third kappa shape index (κ3) is 4.97. The topological polar surface area (TPSA) is 63.7 Å². The number of likely N-dealkylation sites (tertiary alicyclic amines) is 1.